The summed E-state index contributed by atoms with van der Waals surface area (Å²) in [7, 11) is 0. The van der Waals surface area contributed by atoms with Crippen molar-refractivity contribution < 1.29 is 0 Å². The second kappa shape index (κ2) is 14.6. The van der Waals surface area contributed by atoms with Crippen LogP contribution in [0, 0.1) is 13.0 Å². The molecule has 136 valence electrons. The molecule has 2 radical (unpaired) electrons. The van der Waals surface area contributed by atoms with E-state index in [1.54, 1.807) is 0 Å². The third-order valence-corrected chi connectivity index (χ3v) is 5.06. The van der Waals surface area contributed by atoms with Crippen LogP contribution in [0.2, 0.25) is 0 Å². The largest absolute Gasteiger partial charge is 0.0654 e. The maximum absolute atomic E-state index is 4.40. The highest BCUT2D eigenvalue weighted by Gasteiger charge is 2.06. The first kappa shape index (κ1) is 21.3. The van der Waals surface area contributed by atoms with Gasteiger partial charge in [0.25, 0.3) is 0 Å². The first-order valence-corrected chi connectivity index (χ1v) is 10.6. The summed E-state index contributed by atoms with van der Waals surface area (Å²) >= 11 is 0. The molecule has 0 bridgehead atoms. The molecule has 0 saturated carbocycles. The topological polar surface area (TPSA) is 0 Å². The monoisotopic (exact) mass is 328 g/mol. The Morgan fingerprint density at radius 3 is 2.08 bits per heavy atom. The molecule has 0 saturated heterocycles. The van der Waals surface area contributed by atoms with E-state index in [-0.39, 0.29) is 0 Å². The summed E-state index contributed by atoms with van der Waals surface area (Å²) in [6, 6.07) is 10.1. The highest BCUT2D eigenvalue weighted by Crippen LogP contribution is 2.23. The first-order valence-electron chi connectivity index (χ1n) is 10.6. The molecule has 0 aliphatic carbocycles. The van der Waals surface area contributed by atoms with E-state index in [2.05, 4.69) is 45.0 Å². The highest BCUT2D eigenvalue weighted by atomic mass is 14.1. The van der Waals surface area contributed by atoms with E-state index in [9.17, 15) is 0 Å². The fourth-order valence-corrected chi connectivity index (χ4v) is 3.37. The normalized spacial score (nSPS) is 12.5. The van der Waals surface area contributed by atoms with Gasteiger partial charge in [0, 0.05) is 0 Å². The van der Waals surface area contributed by atoms with Crippen molar-refractivity contribution in [3.8, 4) is 0 Å². The molecule has 0 N–H and O–H groups in total. The quantitative estimate of drug-likeness (QED) is 0.286. The van der Waals surface area contributed by atoms with E-state index in [0.29, 0.717) is 5.92 Å². The molecule has 1 unspecified atom stereocenters. The van der Waals surface area contributed by atoms with Crippen molar-refractivity contribution >= 4 is 0 Å². The van der Waals surface area contributed by atoms with Crippen LogP contribution in [0.3, 0.4) is 0 Å². The second-order valence-corrected chi connectivity index (χ2v) is 7.42. The van der Waals surface area contributed by atoms with Crippen LogP contribution in [0.25, 0.3) is 0 Å². The number of unbranched alkanes of at least 4 members (excludes halogenated alkanes) is 10. The lowest BCUT2D eigenvalue weighted by atomic mass is 9.92. The van der Waals surface area contributed by atoms with E-state index < -0.39 is 0 Å². The summed E-state index contributed by atoms with van der Waals surface area (Å²) < 4.78 is 0. The van der Waals surface area contributed by atoms with Crippen LogP contribution in [0.15, 0.2) is 18.2 Å². The van der Waals surface area contributed by atoms with Gasteiger partial charge in [-0.05, 0) is 49.3 Å². The molecule has 0 aliphatic rings. The summed E-state index contributed by atoms with van der Waals surface area (Å²) in [5.74, 6) is 0.453. The average molecular weight is 329 g/mol. The van der Waals surface area contributed by atoms with Gasteiger partial charge in [0.1, 0.15) is 0 Å². The summed E-state index contributed by atoms with van der Waals surface area (Å²) in [4.78, 5) is 0. The summed E-state index contributed by atoms with van der Waals surface area (Å²) in [6.07, 6.45) is 18.8. The molecule has 0 aliphatic heterocycles. The van der Waals surface area contributed by atoms with E-state index in [0.717, 1.165) is 0 Å². The zero-order valence-corrected chi connectivity index (χ0v) is 16.4. The van der Waals surface area contributed by atoms with Crippen LogP contribution in [0.1, 0.15) is 114 Å². The zero-order valence-electron chi connectivity index (χ0n) is 16.4. The lowest BCUT2D eigenvalue weighted by molar-refractivity contribution is 0.571. The van der Waals surface area contributed by atoms with Crippen LogP contribution >= 0.6 is 0 Å². The minimum absolute atomic E-state index is 0.453. The van der Waals surface area contributed by atoms with Gasteiger partial charge in [0.2, 0.25) is 0 Å². The van der Waals surface area contributed by atoms with Crippen LogP contribution < -0.4 is 0 Å². The van der Waals surface area contributed by atoms with Crippen LogP contribution in [0.4, 0.5) is 0 Å². The van der Waals surface area contributed by atoms with Gasteiger partial charge < -0.3 is 0 Å². The van der Waals surface area contributed by atoms with E-state index in [4.69, 9.17) is 0 Å². The Kier molecular flexibility index (Phi) is 12.9. The Balaban J connectivity index is 2.22. The molecule has 1 rings (SSSR count). The number of hydrogen-bond donors (Lipinski definition) is 0. The predicted octanol–water partition coefficient (Wildman–Crippen LogP) is 8.06. The van der Waals surface area contributed by atoms with Crippen molar-refractivity contribution in [2.24, 2.45) is 0 Å². The van der Waals surface area contributed by atoms with Crippen molar-refractivity contribution in [3.63, 3.8) is 0 Å². The fraction of sp³-hybridized carbons (Fsp3) is 0.708. The summed E-state index contributed by atoms with van der Waals surface area (Å²) in [5, 5.41) is 0. The van der Waals surface area contributed by atoms with Crippen molar-refractivity contribution in [1.82, 2.24) is 0 Å². The van der Waals surface area contributed by atoms with E-state index in [1.165, 1.54) is 101 Å². The Morgan fingerprint density at radius 2 is 1.42 bits per heavy atom. The standard InChI is InChI=1S/C24H40/c1-4-6-8-10-12-14-17-22(3)24-20-16-19-23(21-24)18-15-13-11-9-7-5-2/h16,20-22H,3-15,17-18H2,1-2H3. The van der Waals surface area contributed by atoms with Gasteiger partial charge in [0.15, 0.2) is 0 Å². The Hall–Kier alpha value is -0.780. The molecule has 0 heteroatoms. The lowest BCUT2D eigenvalue weighted by Crippen LogP contribution is -1.96. The molecular weight excluding hydrogens is 288 g/mol. The Labute approximate surface area is 152 Å². The van der Waals surface area contributed by atoms with Crippen LogP contribution in [0.5, 0.6) is 0 Å². The number of aryl methyl sites for hydroxylation is 1. The third-order valence-electron chi connectivity index (χ3n) is 5.06. The van der Waals surface area contributed by atoms with Gasteiger partial charge in [-0.25, -0.2) is 0 Å². The maximum Gasteiger partial charge on any atom is -0.0149 e. The van der Waals surface area contributed by atoms with Crippen LogP contribution in [-0.4, -0.2) is 0 Å². The highest BCUT2D eigenvalue weighted by molar-refractivity contribution is 5.26. The van der Waals surface area contributed by atoms with Gasteiger partial charge in [-0.15, -0.1) is 0 Å². The molecule has 1 aromatic carbocycles. The molecule has 0 fully saturated rings. The molecule has 0 nitrogen and oxygen atoms in total. The molecule has 0 amide bonds. The minimum atomic E-state index is 0.453. The second-order valence-electron chi connectivity index (χ2n) is 7.42. The number of rotatable bonds is 15. The van der Waals surface area contributed by atoms with E-state index in [1.807, 2.05) is 0 Å². The molecule has 0 spiro atoms. The molecule has 24 heavy (non-hydrogen) atoms. The zero-order chi connectivity index (χ0) is 17.5. The third kappa shape index (κ3) is 10.2. The predicted molar refractivity (Wildman–Crippen MR) is 108 cm³/mol. The van der Waals surface area contributed by atoms with Gasteiger partial charge in [-0.2, -0.15) is 0 Å². The minimum Gasteiger partial charge on any atom is -0.0654 e. The molecule has 0 heterocycles. The fourth-order valence-electron chi connectivity index (χ4n) is 3.37. The van der Waals surface area contributed by atoms with Crippen molar-refractivity contribution in [2.45, 2.75) is 110 Å². The summed E-state index contributed by atoms with van der Waals surface area (Å²) in [5.41, 5.74) is 2.81. The van der Waals surface area contributed by atoms with Crippen LogP contribution in [-0.2, 0) is 6.42 Å². The first-order chi connectivity index (χ1) is 11.8. The van der Waals surface area contributed by atoms with Crippen molar-refractivity contribution in [1.29, 1.82) is 0 Å². The van der Waals surface area contributed by atoms with Crippen molar-refractivity contribution in [2.75, 3.05) is 0 Å². The number of hydrogen-bond acceptors (Lipinski definition) is 0. The SMILES string of the molecule is [CH2]C(CCCCCCCC)c1cc[c]c(CCCCCCCC)c1. The van der Waals surface area contributed by atoms with Crippen molar-refractivity contribution in [3.05, 3.63) is 42.3 Å². The van der Waals surface area contributed by atoms with Gasteiger partial charge in [-0.1, -0.05) is 103 Å². The molecule has 0 aromatic heterocycles. The average Bonchev–Trinajstić information content (AvgIpc) is 2.61. The molecule has 1 atom stereocenters. The Bertz CT molecular complexity index is 393. The lowest BCUT2D eigenvalue weighted by Gasteiger charge is -2.13. The maximum atomic E-state index is 4.40. The molecular formula is C24H40. The Morgan fingerprint density at radius 1 is 0.833 bits per heavy atom. The molecule has 1 aromatic rings. The van der Waals surface area contributed by atoms with E-state index >= 15 is 0 Å². The smallest absolute Gasteiger partial charge is 0.0149 e. The number of benzene rings is 1. The summed E-state index contributed by atoms with van der Waals surface area (Å²) in [6.45, 7) is 8.96. The van der Waals surface area contributed by atoms with Gasteiger partial charge >= 0.3 is 0 Å². The van der Waals surface area contributed by atoms with Gasteiger partial charge in [-0.3, -0.25) is 0 Å². The van der Waals surface area contributed by atoms with Gasteiger partial charge in [0.05, 0.1) is 0 Å².